The summed E-state index contributed by atoms with van der Waals surface area (Å²) in [6.07, 6.45) is 0. The summed E-state index contributed by atoms with van der Waals surface area (Å²) >= 11 is 16.5. The highest BCUT2D eigenvalue weighted by atomic mass is 35.5. The summed E-state index contributed by atoms with van der Waals surface area (Å²) in [5.74, 6) is 0. The van der Waals surface area contributed by atoms with Gasteiger partial charge in [-0.1, -0.05) is 47.5 Å². The van der Waals surface area contributed by atoms with E-state index < -0.39 is 0 Å². The van der Waals surface area contributed by atoms with E-state index in [1.54, 1.807) is 6.07 Å². The fourth-order valence-electron chi connectivity index (χ4n) is 1.58. The first-order valence-electron chi connectivity index (χ1n) is 4.83. The predicted molar refractivity (Wildman–Crippen MR) is 73.9 cm³/mol. The summed E-state index contributed by atoms with van der Waals surface area (Å²) in [5, 5.41) is 1.29. The highest BCUT2D eigenvalue weighted by Crippen LogP contribution is 2.35. The molecule has 0 aliphatic heterocycles. The Morgan fingerprint density at radius 1 is 1.00 bits per heavy atom. The molecule has 0 unspecified atom stereocenters. The van der Waals surface area contributed by atoms with Crippen LogP contribution in [0.3, 0.4) is 0 Å². The zero-order valence-electron chi connectivity index (χ0n) is 8.67. The number of aryl methyl sites for hydroxylation is 1. The fourth-order valence-corrected chi connectivity index (χ4v) is 2.36. The van der Waals surface area contributed by atoms with Gasteiger partial charge in [0.1, 0.15) is 0 Å². The summed E-state index contributed by atoms with van der Waals surface area (Å²) in [6.45, 7) is 2.02. The smallest absolute Gasteiger partial charge is 0.0499 e. The second-order valence-electron chi connectivity index (χ2n) is 3.60. The molecule has 0 aromatic heterocycles. The lowest BCUT2D eigenvalue weighted by molar-refractivity contribution is 1.31. The van der Waals surface area contributed by atoms with Crippen molar-refractivity contribution in [2.24, 2.45) is 0 Å². The first-order chi connectivity index (χ1) is 7.59. The minimum Gasteiger partial charge on any atom is -0.143 e. The summed E-state index contributed by atoms with van der Waals surface area (Å²) in [6, 6.07) is 11.5. The molecule has 2 rings (SSSR count). The molecule has 0 fully saturated rings. The van der Waals surface area contributed by atoms with Crippen LogP contribution >= 0.6 is 35.8 Å². The van der Waals surface area contributed by atoms with Gasteiger partial charge >= 0.3 is 0 Å². The van der Waals surface area contributed by atoms with Crippen molar-refractivity contribution in [3.8, 4) is 11.1 Å². The number of rotatable bonds is 1. The van der Waals surface area contributed by atoms with Crippen LogP contribution in [0.15, 0.2) is 41.3 Å². The van der Waals surface area contributed by atoms with Gasteiger partial charge in [0, 0.05) is 20.5 Å². The molecule has 0 amide bonds. The van der Waals surface area contributed by atoms with E-state index >= 15 is 0 Å². The Hall–Kier alpha value is -0.630. The van der Waals surface area contributed by atoms with Gasteiger partial charge in [0.05, 0.1) is 0 Å². The Morgan fingerprint density at radius 2 is 1.75 bits per heavy atom. The van der Waals surface area contributed by atoms with E-state index in [4.69, 9.17) is 23.2 Å². The van der Waals surface area contributed by atoms with Gasteiger partial charge in [0.15, 0.2) is 0 Å². The second-order valence-corrected chi connectivity index (χ2v) is 4.89. The normalized spacial score (nSPS) is 10.5. The van der Waals surface area contributed by atoms with Crippen molar-refractivity contribution in [2.45, 2.75) is 11.8 Å². The molecule has 0 atom stereocenters. The van der Waals surface area contributed by atoms with E-state index in [0.717, 1.165) is 21.6 Å². The van der Waals surface area contributed by atoms with Crippen LogP contribution < -0.4 is 0 Å². The molecule has 0 bridgehead atoms. The average molecular weight is 269 g/mol. The van der Waals surface area contributed by atoms with Crippen LogP contribution in [-0.4, -0.2) is 0 Å². The van der Waals surface area contributed by atoms with Crippen molar-refractivity contribution in [3.05, 3.63) is 52.0 Å². The van der Waals surface area contributed by atoms with E-state index in [1.807, 2.05) is 37.3 Å². The molecule has 0 nitrogen and oxygen atoms in total. The molecule has 0 aliphatic rings. The lowest BCUT2D eigenvalue weighted by atomic mass is 10.0. The molecule has 0 spiro atoms. The van der Waals surface area contributed by atoms with Gasteiger partial charge in [-0.3, -0.25) is 0 Å². The quantitative estimate of drug-likeness (QED) is 0.671. The van der Waals surface area contributed by atoms with E-state index in [2.05, 4.69) is 12.6 Å². The molecule has 82 valence electrons. The third-order valence-electron chi connectivity index (χ3n) is 2.46. The topological polar surface area (TPSA) is 0 Å². The van der Waals surface area contributed by atoms with Crippen LogP contribution in [0.4, 0.5) is 0 Å². The Labute approximate surface area is 111 Å². The fraction of sp³-hybridized carbons (Fsp3) is 0.0769. The molecule has 0 N–H and O–H groups in total. The van der Waals surface area contributed by atoms with Crippen LogP contribution in [-0.2, 0) is 0 Å². The third kappa shape index (κ3) is 2.22. The van der Waals surface area contributed by atoms with Gasteiger partial charge in [-0.2, -0.15) is 0 Å². The van der Waals surface area contributed by atoms with E-state index in [-0.39, 0.29) is 0 Å². The third-order valence-corrected chi connectivity index (χ3v) is 3.60. The van der Waals surface area contributed by atoms with Crippen molar-refractivity contribution < 1.29 is 0 Å². The Morgan fingerprint density at radius 3 is 2.44 bits per heavy atom. The van der Waals surface area contributed by atoms with E-state index in [9.17, 15) is 0 Å². The van der Waals surface area contributed by atoms with Gasteiger partial charge in [0.25, 0.3) is 0 Å². The molecule has 0 radical (unpaired) electrons. The van der Waals surface area contributed by atoms with Gasteiger partial charge < -0.3 is 0 Å². The Kier molecular flexibility index (Phi) is 3.48. The standard InChI is InChI=1S/C13H10Cl2S/c1-8-3-2-4-11(13(8)16)10-6-5-9(14)7-12(10)15/h2-7,16H,1H3. The summed E-state index contributed by atoms with van der Waals surface area (Å²) < 4.78 is 0. The average Bonchev–Trinajstić information content (AvgIpc) is 2.23. The molecule has 3 heteroatoms. The van der Waals surface area contributed by atoms with Crippen LogP contribution in [0.5, 0.6) is 0 Å². The molecular formula is C13H10Cl2S. The summed E-state index contributed by atoms with van der Waals surface area (Å²) in [4.78, 5) is 0.951. The molecule has 0 saturated carbocycles. The van der Waals surface area contributed by atoms with Crippen molar-refractivity contribution in [1.29, 1.82) is 0 Å². The predicted octanol–water partition coefficient (Wildman–Crippen LogP) is 5.26. The zero-order chi connectivity index (χ0) is 11.7. The summed E-state index contributed by atoms with van der Waals surface area (Å²) in [5.41, 5.74) is 3.12. The zero-order valence-corrected chi connectivity index (χ0v) is 11.1. The number of benzene rings is 2. The highest BCUT2D eigenvalue weighted by Gasteiger charge is 2.08. The van der Waals surface area contributed by atoms with Crippen LogP contribution in [0.1, 0.15) is 5.56 Å². The molecule has 0 aliphatic carbocycles. The number of thiol groups is 1. The first-order valence-corrected chi connectivity index (χ1v) is 6.04. The molecule has 0 saturated heterocycles. The number of hydrogen-bond acceptors (Lipinski definition) is 1. The molecule has 16 heavy (non-hydrogen) atoms. The summed E-state index contributed by atoms with van der Waals surface area (Å²) in [7, 11) is 0. The minimum atomic E-state index is 0.641. The molecule has 2 aromatic rings. The minimum absolute atomic E-state index is 0.641. The SMILES string of the molecule is Cc1cccc(-c2ccc(Cl)cc2Cl)c1S. The van der Waals surface area contributed by atoms with Crippen molar-refractivity contribution >= 4 is 35.8 Å². The Balaban J connectivity index is 2.63. The maximum Gasteiger partial charge on any atom is 0.0499 e. The van der Waals surface area contributed by atoms with Crippen molar-refractivity contribution in [3.63, 3.8) is 0 Å². The molecule has 2 aromatic carbocycles. The second kappa shape index (κ2) is 4.70. The first kappa shape index (κ1) is 11.8. The number of hydrogen-bond donors (Lipinski definition) is 1. The van der Waals surface area contributed by atoms with Gasteiger partial charge in [-0.25, -0.2) is 0 Å². The Bertz CT molecular complexity index is 535. The lowest BCUT2D eigenvalue weighted by Crippen LogP contribution is -1.85. The number of halogens is 2. The van der Waals surface area contributed by atoms with Crippen molar-refractivity contribution in [2.75, 3.05) is 0 Å². The lowest BCUT2D eigenvalue weighted by Gasteiger charge is -2.09. The van der Waals surface area contributed by atoms with Crippen LogP contribution in [0, 0.1) is 6.92 Å². The van der Waals surface area contributed by atoms with Crippen LogP contribution in [0.2, 0.25) is 10.0 Å². The maximum atomic E-state index is 6.17. The monoisotopic (exact) mass is 268 g/mol. The van der Waals surface area contributed by atoms with Crippen molar-refractivity contribution in [1.82, 2.24) is 0 Å². The van der Waals surface area contributed by atoms with E-state index in [1.165, 1.54) is 0 Å². The highest BCUT2D eigenvalue weighted by molar-refractivity contribution is 7.80. The maximum absolute atomic E-state index is 6.17. The van der Waals surface area contributed by atoms with E-state index in [0.29, 0.717) is 10.0 Å². The van der Waals surface area contributed by atoms with Gasteiger partial charge in [-0.15, -0.1) is 12.6 Å². The molecular weight excluding hydrogens is 259 g/mol. The largest absolute Gasteiger partial charge is 0.143 e. The van der Waals surface area contributed by atoms with Gasteiger partial charge in [0.2, 0.25) is 0 Å². The van der Waals surface area contributed by atoms with Crippen LogP contribution in [0.25, 0.3) is 11.1 Å². The molecule has 0 heterocycles. The van der Waals surface area contributed by atoms with Gasteiger partial charge in [-0.05, 0) is 30.2 Å².